The van der Waals surface area contributed by atoms with Crippen LogP contribution in [0.1, 0.15) is 48.6 Å². The first kappa shape index (κ1) is 25.0. The fourth-order valence-corrected chi connectivity index (χ4v) is 4.95. The number of halogens is 1. The summed E-state index contributed by atoms with van der Waals surface area (Å²) >= 11 is 6.49. The largest absolute Gasteiger partial charge is 0.497 e. The zero-order chi connectivity index (χ0) is 25.5. The molecule has 0 unspecified atom stereocenters. The Morgan fingerprint density at radius 1 is 0.686 bits per heavy atom. The predicted molar refractivity (Wildman–Crippen MR) is 150 cm³/mol. The van der Waals surface area contributed by atoms with Crippen LogP contribution >= 0.6 is 11.6 Å². The molecule has 1 aromatic heterocycles. The molecule has 4 aromatic rings. The van der Waals surface area contributed by atoms with E-state index in [0.717, 1.165) is 22.6 Å². The summed E-state index contributed by atoms with van der Waals surface area (Å²) < 4.78 is 5.53. The van der Waals surface area contributed by atoms with Gasteiger partial charge in [0.2, 0.25) is 0 Å². The van der Waals surface area contributed by atoms with Crippen molar-refractivity contribution >= 4 is 11.6 Å². The summed E-state index contributed by atoms with van der Waals surface area (Å²) in [6.45, 7) is 15.5. The molecule has 180 valence electrons. The first-order chi connectivity index (χ1) is 16.5. The lowest BCUT2D eigenvalue weighted by molar-refractivity contribution is 0.415. The summed E-state index contributed by atoms with van der Waals surface area (Å²) in [4.78, 5) is 4.65. The SMILES string of the molecule is COc1cc(Cl)cc(-c2c(C)c(C)c(C)c(C)c2-c2ccc(-c3cc(C(C)(C)C)ccn3)cc2)c1. The highest BCUT2D eigenvalue weighted by Crippen LogP contribution is 2.43. The molecule has 0 radical (unpaired) electrons. The lowest BCUT2D eigenvalue weighted by Gasteiger charge is -2.22. The summed E-state index contributed by atoms with van der Waals surface area (Å²) in [6.07, 6.45) is 1.91. The molecule has 0 atom stereocenters. The first-order valence-corrected chi connectivity index (χ1v) is 12.4. The minimum atomic E-state index is 0.0820. The Hall–Kier alpha value is -3.10. The quantitative estimate of drug-likeness (QED) is 0.288. The van der Waals surface area contributed by atoms with Gasteiger partial charge in [0.15, 0.2) is 0 Å². The van der Waals surface area contributed by atoms with Crippen LogP contribution in [0, 0.1) is 27.7 Å². The van der Waals surface area contributed by atoms with Gasteiger partial charge in [0.1, 0.15) is 5.75 Å². The van der Waals surface area contributed by atoms with Gasteiger partial charge in [-0.05, 0) is 114 Å². The van der Waals surface area contributed by atoms with Crippen LogP contribution in [0.3, 0.4) is 0 Å². The number of nitrogens with zero attached hydrogens (tertiary/aromatic N) is 1. The maximum absolute atomic E-state index is 6.49. The Balaban J connectivity index is 1.89. The molecule has 0 aliphatic heterocycles. The zero-order valence-electron chi connectivity index (χ0n) is 22.0. The molecule has 2 nitrogen and oxygen atoms in total. The Labute approximate surface area is 215 Å². The topological polar surface area (TPSA) is 22.1 Å². The van der Waals surface area contributed by atoms with Gasteiger partial charge in [-0.25, -0.2) is 0 Å². The van der Waals surface area contributed by atoms with Crippen LogP contribution in [0.5, 0.6) is 5.75 Å². The molecule has 0 bridgehead atoms. The lowest BCUT2D eigenvalue weighted by Crippen LogP contribution is -2.11. The highest BCUT2D eigenvalue weighted by molar-refractivity contribution is 6.31. The molecule has 0 saturated carbocycles. The van der Waals surface area contributed by atoms with Gasteiger partial charge in [0, 0.05) is 16.8 Å². The second-order valence-electron chi connectivity index (χ2n) is 10.4. The third kappa shape index (κ3) is 4.86. The smallest absolute Gasteiger partial charge is 0.120 e. The normalized spacial score (nSPS) is 11.6. The highest BCUT2D eigenvalue weighted by atomic mass is 35.5. The molecule has 0 aliphatic rings. The van der Waals surface area contributed by atoms with Gasteiger partial charge < -0.3 is 4.74 Å². The van der Waals surface area contributed by atoms with Gasteiger partial charge in [-0.15, -0.1) is 0 Å². The molecule has 1 heterocycles. The van der Waals surface area contributed by atoms with Crippen molar-refractivity contribution in [2.45, 2.75) is 53.9 Å². The molecule has 0 N–H and O–H groups in total. The summed E-state index contributed by atoms with van der Waals surface area (Å²) in [5.41, 5.74) is 13.3. The van der Waals surface area contributed by atoms with E-state index in [4.69, 9.17) is 16.3 Å². The van der Waals surface area contributed by atoms with Crippen LogP contribution in [-0.4, -0.2) is 12.1 Å². The number of rotatable bonds is 4. The predicted octanol–water partition coefficient (Wildman–Crippen LogP) is 9.28. The Kier molecular flexibility index (Phi) is 6.79. The fraction of sp³-hybridized carbons (Fsp3) is 0.281. The molecule has 0 aliphatic carbocycles. The van der Waals surface area contributed by atoms with E-state index < -0.39 is 0 Å². The summed E-state index contributed by atoms with van der Waals surface area (Å²) in [5, 5.41) is 0.667. The third-order valence-electron chi connectivity index (χ3n) is 7.18. The number of hydrogen-bond acceptors (Lipinski definition) is 2. The van der Waals surface area contributed by atoms with Crippen molar-refractivity contribution < 1.29 is 4.74 Å². The second-order valence-corrected chi connectivity index (χ2v) is 10.8. The standard InChI is InChI=1S/C32H34ClNO/c1-19-20(2)22(4)31(25-15-27(33)18-28(16-25)35-8)30(21(19)3)24-11-9-23(10-12-24)29-17-26(13-14-34-29)32(5,6)7/h9-18H,1-8H3. The number of benzene rings is 3. The molecule has 0 spiro atoms. The molecule has 4 rings (SSSR count). The summed E-state index contributed by atoms with van der Waals surface area (Å²) in [5.74, 6) is 0.758. The number of pyridine rings is 1. The zero-order valence-corrected chi connectivity index (χ0v) is 22.8. The van der Waals surface area contributed by atoms with Crippen LogP contribution in [0.2, 0.25) is 5.02 Å². The van der Waals surface area contributed by atoms with Gasteiger partial charge >= 0.3 is 0 Å². The van der Waals surface area contributed by atoms with Crippen LogP contribution < -0.4 is 4.74 Å². The molecule has 0 amide bonds. The van der Waals surface area contributed by atoms with Crippen molar-refractivity contribution in [1.82, 2.24) is 4.98 Å². The second kappa shape index (κ2) is 9.51. The monoisotopic (exact) mass is 483 g/mol. The first-order valence-electron chi connectivity index (χ1n) is 12.0. The Morgan fingerprint density at radius 2 is 1.26 bits per heavy atom. The van der Waals surface area contributed by atoms with Crippen LogP contribution in [0.15, 0.2) is 60.8 Å². The summed E-state index contributed by atoms with van der Waals surface area (Å²) in [6, 6.07) is 19.0. The van der Waals surface area contributed by atoms with E-state index in [-0.39, 0.29) is 5.41 Å². The molecule has 35 heavy (non-hydrogen) atoms. The Bertz CT molecular complexity index is 1390. The number of methoxy groups -OCH3 is 1. The third-order valence-corrected chi connectivity index (χ3v) is 7.40. The molecular formula is C32H34ClNO. The van der Waals surface area contributed by atoms with Crippen LogP contribution in [0.25, 0.3) is 33.5 Å². The molecule has 0 fully saturated rings. The van der Waals surface area contributed by atoms with Crippen molar-refractivity contribution in [3.05, 3.63) is 93.6 Å². The lowest BCUT2D eigenvalue weighted by atomic mass is 9.82. The van der Waals surface area contributed by atoms with E-state index in [1.165, 1.54) is 44.5 Å². The minimum Gasteiger partial charge on any atom is -0.497 e. The van der Waals surface area contributed by atoms with E-state index in [2.05, 4.69) is 95.9 Å². The van der Waals surface area contributed by atoms with Gasteiger partial charge in [-0.2, -0.15) is 0 Å². The average Bonchev–Trinajstić information content (AvgIpc) is 2.84. The van der Waals surface area contributed by atoms with Crippen LogP contribution in [0.4, 0.5) is 0 Å². The van der Waals surface area contributed by atoms with E-state index in [9.17, 15) is 0 Å². The molecule has 3 heteroatoms. The van der Waals surface area contributed by atoms with Gasteiger partial charge in [0.05, 0.1) is 12.8 Å². The molecule has 0 saturated heterocycles. The van der Waals surface area contributed by atoms with Crippen molar-refractivity contribution in [3.63, 3.8) is 0 Å². The van der Waals surface area contributed by atoms with Gasteiger partial charge in [0.25, 0.3) is 0 Å². The highest BCUT2D eigenvalue weighted by Gasteiger charge is 2.20. The summed E-state index contributed by atoms with van der Waals surface area (Å²) in [7, 11) is 1.68. The van der Waals surface area contributed by atoms with Crippen molar-refractivity contribution in [3.8, 4) is 39.3 Å². The van der Waals surface area contributed by atoms with E-state index in [0.29, 0.717) is 5.02 Å². The van der Waals surface area contributed by atoms with E-state index >= 15 is 0 Å². The average molecular weight is 484 g/mol. The van der Waals surface area contributed by atoms with Crippen molar-refractivity contribution in [2.75, 3.05) is 7.11 Å². The number of hydrogen-bond donors (Lipinski definition) is 0. The number of ether oxygens (including phenoxy) is 1. The van der Waals surface area contributed by atoms with Gasteiger partial charge in [-0.3, -0.25) is 4.98 Å². The van der Waals surface area contributed by atoms with Crippen molar-refractivity contribution in [1.29, 1.82) is 0 Å². The van der Waals surface area contributed by atoms with Crippen LogP contribution in [-0.2, 0) is 5.41 Å². The van der Waals surface area contributed by atoms with E-state index in [1.54, 1.807) is 7.11 Å². The maximum atomic E-state index is 6.49. The van der Waals surface area contributed by atoms with Crippen molar-refractivity contribution in [2.24, 2.45) is 0 Å². The molecular weight excluding hydrogens is 450 g/mol. The fourth-order valence-electron chi connectivity index (χ4n) is 4.72. The van der Waals surface area contributed by atoms with Gasteiger partial charge in [-0.1, -0.05) is 56.6 Å². The maximum Gasteiger partial charge on any atom is 0.120 e. The van der Waals surface area contributed by atoms with E-state index in [1.807, 2.05) is 18.3 Å². The number of aromatic nitrogens is 1. The minimum absolute atomic E-state index is 0.0820. The molecule has 3 aromatic carbocycles. The Morgan fingerprint density at radius 3 is 1.83 bits per heavy atom.